The molecule has 6 nitrogen and oxygen atoms in total. The van der Waals surface area contributed by atoms with E-state index in [2.05, 4.69) is 10.5 Å². The van der Waals surface area contributed by atoms with E-state index in [9.17, 15) is 14.7 Å². The molecule has 0 bridgehead atoms. The molecule has 0 aliphatic heterocycles. The maximum atomic E-state index is 11.9. The second-order valence-electron chi connectivity index (χ2n) is 5.98. The summed E-state index contributed by atoms with van der Waals surface area (Å²) in [6.07, 6.45) is 4.52. The number of phenolic OH excluding ortho intramolecular Hbond substituents is 1. The van der Waals surface area contributed by atoms with Crippen LogP contribution in [0.25, 0.3) is 6.08 Å². The summed E-state index contributed by atoms with van der Waals surface area (Å²) in [7, 11) is 0. The number of amides is 1. The van der Waals surface area contributed by atoms with Gasteiger partial charge in [0.05, 0.1) is 6.21 Å². The molecule has 0 spiro atoms. The number of phenols is 1. The summed E-state index contributed by atoms with van der Waals surface area (Å²) >= 11 is 0. The zero-order valence-corrected chi connectivity index (χ0v) is 15.4. The molecule has 0 fully saturated rings. The van der Waals surface area contributed by atoms with Crippen LogP contribution in [-0.2, 0) is 4.79 Å². The Bertz CT molecular complexity index is 1020. The molecule has 2 N–H and O–H groups in total. The molecule has 0 saturated carbocycles. The van der Waals surface area contributed by atoms with E-state index in [-0.39, 0.29) is 5.75 Å². The Labute approximate surface area is 167 Å². The maximum absolute atomic E-state index is 11.9. The van der Waals surface area contributed by atoms with Gasteiger partial charge >= 0.3 is 5.97 Å². The van der Waals surface area contributed by atoms with Gasteiger partial charge in [-0.25, -0.2) is 10.2 Å². The van der Waals surface area contributed by atoms with Crippen LogP contribution in [0.1, 0.15) is 21.5 Å². The van der Waals surface area contributed by atoms with Crippen LogP contribution in [0.4, 0.5) is 0 Å². The normalized spacial score (nSPS) is 10.9. The van der Waals surface area contributed by atoms with Crippen molar-refractivity contribution in [1.29, 1.82) is 0 Å². The molecule has 0 radical (unpaired) electrons. The fraction of sp³-hybridized carbons (Fsp3) is 0. The van der Waals surface area contributed by atoms with E-state index in [0.29, 0.717) is 11.3 Å². The number of nitrogens with zero attached hydrogens (tertiary/aromatic N) is 1. The number of hydrogen-bond donors (Lipinski definition) is 2. The zero-order valence-electron chi connectivity index (χ0n) is 15.4. The lowest BCUT2D eigenvalue weighted by atomic mass is 10.2. The molecule has 144 valence electrons. The molecule has 0 aromatic heterocycles. The summed E-state index contributed by atoms with van der Waals surface area (Å²) in [4.78, 5) is 23.8. The monoisotopic (exact) mass is 386 g/mol. The molecule has 0 saturated heterocycles. The number of hydrogen-bond acceptors (Lipinski definition) is 5. The van der Waals surface area contributed by atoms with E-state index in [1.807, 2.05) is 30.3 Å². The van der Waals surface area contributed by atoms with Crippen LogP contribution >= 0.6 is 0 Å². The minimum atomic E-state index is -0.476. The highest BCUT2D eigenvalue weighted by Crippen LogP contribution is 2.12. The van der Waals surface area contributed by atoms with Crippen molar-refractivity contribution in [1.82, 2.24) is 5.43 Å². The molecule has 3 aromatic rings. The lowest BCUT2D eigenvalue weighted by molar-refractivity contribution is -0.128. The number of aromatic hydroxyl groups is 1. The fourth-order valence-corrected chi connectivity index (χ4v) is 2.34. The van der Waals surface area contributed by atoms with Crippen molar-refractivity contribution < 1.29 is 19.4 Å². The Hall–Kier alpha value is -4.19. The second kappa shape index (κ2) is 9.66. The van der Waals surface area contributed by atoms with Gasteiger partial charge in [-0.2, -0.15) is 5.10 Å². The predicted octanol–water partition coefficient (Wildman–Crippen LogP) is 3.77. The minimum absolute atomic E-state index is 0.0846. The van der Waals surface area contributed by atoms with Gasteiger partial charge < -0.3 is 9.84 Å². The minimum Gasteiger partial charge on any atom is -0.508 e. The van der Waals surface area contributed by atoms with E-state index in [4.69, 9.17) is 4.74 Å². The van der Waals surface area contributed by atoms with Gasteiger partial charge in [-0.15, -0.1) is 0 Å². The first kappa shape index (κ1) is 19.6. The van der Waals surface area contributed by atoms with E-state index in [1.165, 1.54) is 36.6 Å². The van der Waals surface area contributed by atoms with Crippen LogP contribution in [0.2, 0.25) is 0 Å². The van der Waals surface area contributed by atoms with Crippen LogP contribution in [-0.4, -0.2) is 23.2 Å². The van der Waals surface area contributed by atoms with Crippen molar-refractivity contribution in [2.75, 3.05) is 0 Å². The van der Waals surface area contributed by atoms with Crippen LogP contribution < -0.4 is 10.2 Å². The number of rotatable bonds is 6. The summed E-state index contributed by atoms with van der Waals surface area (Å²) in [5, 5.41) is 13.1. The predicted molar refractivity (Wildman–Crippen MR) is 111 cm³/mol. The van der Waals surface area contributed by atoms with Gasteiger partial charge in [0.1, 0.15) is 11.5 Å². The molecule has 3 aromatic carbocycles. The van der Waals surface area contributed by atoms with Crippen molar-refractivity contribution in [3.8, 4) is 11.5 Å². The molecule has 0 aliphatic rings. The number of benzene rings is 3. The SMILES string of the molecule is O=C(/C=C/c1ccccc1)Oc1ccc(/C=N\NC(=O)c2ccc(O)cc2)cc1. The molecule has 0 unspecified atom stereocenters. The fourth-order valence-electron chi connectivity index (χ4n) is 2.34. The smallest absolute Gasteiger partial charge is 0.336 e. The summed E-state index contributed by atoms with van der Waals surface area (Å²) in [5.74, 6) is -0.382. The molecular formula is C23H18N2O4. The van der Waals surface area contributed by atoms with E-state index in [1.54, 1.807) is 30.3 Å². The Balaban J connectivity index is 1.51. The van der Waals surface area contributed by atoms with Crippen molar-refractivity contribution in [2.45, 2.75) is 0 Å². The molecule has 0 aliphatic carbocycles. The third-order valence-corrected chi connectivity index (χ3v) is 3.82. The second-order valence-corrected chi connectivity index (χ2v) is 5.98. The Morgan fingerprint density at radius 2 is 1.55 bits per heavy atom. The average Bonchev–Trinajstić information content (AvgIpc) is 2.75. The number of nitrogens with one attached hydrogen (secondary N) is 1. The van der Waals surface area contributed by atoms with Crippen LogP contribution in [0, 0.1) is 0 Å². The largest absolute Gasteiger partial charge is 0.508 e. The van der Waals surface area contributed by atoms with Crippen LogP contribution in [0.3, 0.4) is 0 Å². The van der Waals surface area contributed by atoms with Crippen molar-refractivity contribution in [3.05, 3.63) is 102 Å². The Morgan fingerprint density at radius 1 is 0.862 bits per heavy atom. The van der Waals surface area contributed by atoms with Gasteiger partial charge in [-0.1, -0.05) is 30.3 Å². The van der Waals surface area contributed by atoms with E-state index in [0.717, 1.165) is 11.1 Å². The Morgan fingerprint density at radius 3 is 2.24 bits per heavy atom. The van der Waals surface area contributed by atoms with E-state index >= 15 is 0 Å². The molecule has 1 amide bonds. The zero-order chi connectivity index (χ0) is 20.5. The number of carbonyl (C=O) groups is 2. The van der Waals surface area contributed by atoms with Crippen LogP contribution in [0.15, 0.2) is 90.0 Å². The first-order valence-electron chi connectivity index (χ1n) is 8.77. The summed E-state index contributed by atoms with van der Waals surface area (Å²) in [6, 6.07) is 22.0. The molecule has 3 rings (SSSR count). The lowest BCUT2D eigenvalue weighted by Gasteiger charge is -2.02. The topological polar surface area (TPSA) is 88.0 Å². The highest BCUT2D eigenvalue weighted by molar-refractivity contribution is 5.95. The third kappa shape index (κ3) is 6.18. The van der Waals surface area contributed by atoms with Gasteiger partial charge in [0.25, 0.3) is 5.91 Å². The maximum Gasteiger partial charge on any atom is 0.336 e. The number of ether oxygens (including phenoxy) is 1. The average molecular weight is 386 g/mol. The summed E-state index contributed by atoms with van der Waals surface area (Å²) in [6.45, 7) is 0. The Kier molecular flexibility index (Phi) is 6.52. The number of esters is 1. The standard InChI is InChI=1S/C23H18N2O4/c26-20-11-9-19(10-12-20)23(28)25-24-16-18-6-13-21(14-7-18)29-22(27)15-8-17-4-2-1-3-5-17/h1-16,26H,(H,25,28)/b15-8+,24-16-. The molecule has 0 atom stereocenters. The van der Waals surface area contributed by atoms with Crippen molar-refractivity contribution in [2.24, 2.45) is 5.10 Å². The molecular weight excluding hydrogens is 368 g/mol. The van der Waals surface area contributed by atoms with E-state index < -0.39 is 11.9 Å². The van der Waals surface area contributed by atoms with Crippen molar-refractivity contribution >= 4 is 24.2 Å². The van der Waals surface area contributed by atoms with Gasteiger partial charge in [-0.05, 0) is 65.7 Å². The van der Waals surface area contributed by atoms with Gasteiger partial charge in [0, 0.05) is 11.6 Å². The molecule has 6 heteroatoms. The molecule has 29 heavy (non-hydrogen) atoms. The highest BCUT2D eigenvalue weighted by Gasteiger charge is 2.03. The first-order valence-corrected chi connectivity index (χ1v) is 8.77. The summed E-state index contributed by atoms with van der Waals surface area (Å²) in [5.41, 5.74) is 4.41. The first-order chi connectivity index (χ1) is 14.1. The van der Waals surface area contributed by atoms with Crippen LogP contribution in [0.5, 0.6) is 11.5 Å². The lowest BCUT2D eigenvalue weighted by Crippen LogP contribution is -2.17. The third-order valence-electron chi connectivity index (χ3n) is 3.82. The van der Waals surface area contributed by atoms with Gasteiger partial charge in [0.2, 0.25) is 0 Å². The number of carbonyl (C=O) groups excluding carboxylic acids is 2. The molecule has 0 heterocycles. The highest BCUT2D eigenvalue weighted by atomic mass is 16.5. The number of hydrazone groups is 1. The van der Waals surface area contributed by atoms with Crippen molar-refractivity contribution in [3.63, 3.8) is 0 Å². The van der Waals surface area contributed by atoms with Gasteiger partial charge in [-0.3, -0.25) is 4.79 Å². The quantitative estimate of drug-likeness (QED) is 0.222. The summed E-state index contributed by atoms with van der Waals surface area (Å²) < 4.78 is 5.24. The van der Waals surface area contributed by atoms with Gasteiger partial charge in [0.15, 0.2) is 0 Å².